The van der Waals surface area contributed by atoms with Gasteiger partial charge in [0.05, 0.1) is 0 Å². The number of aldehydes is 1. The minimum atomic E-state index is 0.601. The average molecular weight is 189 g/mol. The first-order chi connectivity index (χ1) is 6.72. The fraction of sp³-hybridized carbons (Fsp3) is 0.417. The van der Waals surface area contributed by atoms with Gasteiger partial charge in [0.2, 0.25) is 0 Å². The van der Waals surface area contributed by atoms with E-state index in [0.29, 0.717) is 6.04 Å². The second-order valence-corrected chi connectivity index (χ2v) is 4.00. The van der Waals surface area contributed by atoms with E-state index < -0.39 is 0 Å². The van der Waals surface area contributed by atoms with E-state index in [-0.39, 0.29) is 0 Å². The molecule has 1 heterocycles. The van der Waals surface area contributed by atoms with Crippen LogP contribution < -0.4 is 4.90 Å². The summed E-state index contributed by atoms with van der Waals surface area (Å²) in [7, 11) is 2.11. The van der Waals surface area contributed by atoms with Crippen molar-refractivity contribution in [3.8, 4) is 0 Å². The topological polar surface area (TPSA) is 20.3 Å². The molecule has 0 aliphatic carbocycles. The molecule has 1 aliphatic rings. The lowest BCUT2D eigenvalue weighted by atomic mass is 9.96. The maximum Gasteiger partial charge on any atom is 0.150 e. The summed E-state index contributed by atoms with van der Waals surface area (Å²) >= 11 is 0. The van der Waals surface area contributed by atoms with Crippen LogP contribution in [0.4, 0.5) is 5.69 Å². The molecular weight excluding hydrogens is 174 g/mol. The van der Waals surface area contributed by atoms with Gasteiger partial charge in [0.15, 0.2) is 0 Å². The van der Waals surface area contributed by atoms with Crippen LogP contribution in [0, 0.1) is 0 Å². The molecule has 0 radical (unpaired) electrons. The number of carbonyl (C=O) groups is 1. The van der Waals surface area contributed by atoms with Gasteiger partial charge in [0, 0.05) is 24.3 Å². The molecule has 2 heteroatoms. The van der Waals surface area contributed by atoms with Crippen LogP contribution in [0.2, 0.25) is 0 Å². The van der Waals surface area contributed by atoms with Gasteiger partial charge in [-0.15, -0.1) is 0 Å². The number of fused-ring (bicyclic) bond motifs is 1. The summed E-state index contributed by atoms with van der Waals surface area (Å²) in [5, 5.41) is 0. The highest BCUT2D eigenvalue weighted by atomic mass is 16.1. The average Bonchev–Trinajstić information content (AvgIpc) is 2.23. The lowest BCUT2D eigenvalue weighted by molar-refractivity contribution is 0.112. The van der Waals surface area contributed by atoms with Crippen molar-refractivity contribution in [2.24, 2.45) is 0 Å². The molecule has 0 bridgehead atoms. The molecule has 1 atom stereocenters. The van der Waals surface area contributed by atoms with Crippen molar-refractivity contribution in [3.05, 3.63) is 29.3 Å². The van der Waals surface area contributed by atoms with Gasteiger partial charge in [-0.2, -0.15) is 0 Å². The third-order valence-electron chi connectivity index (χ3n) is 3.11. The Labute approximate surface area is 84.5 Å². The van der Waals surface area contributed by atoms with Gasteiger partial charge in [0.1, 0.15) is 6.29 Å². The van der Waals surface area contributed by atoms with Crippen molar-refractivity contribution in [1.82, 2.24) is 0 Å². The number of nitrogens with zero attached hydrogens (tertiary/aromatic N) is 1. The number of anilines is 1. The number of benzene rings is 1. The van der Waals surface area contributed by atoms with Gasteiger partial charge in [0.25, 0.3) is 0 Å². The zero-order valence-corrected chi connectivity index (χ0v) is 8.66. The molecule has 1 aliphatic heterocycles. The normalized spacial score (nSPS) is 20.4. The SMILES string of the molecule is C[C@H]1CCc2cc(C=O)ccc2N1C. The van der Waals surface area contributed by atoms with E-state index in [9.17, 15) is 4.79 Å². The van der Waals surface area contributed by atoms with Crippen LogP contribution in [0.25, 0.3) is 0 Å². The van der Waals surface area contributed by atoms with E-state index in [1.807, 2.05) is 12.1 Å². The number of aryl methyl sites for hydroxylation is 1. The number of carbonyl (C=O) groups excluding carboxylic acids is 1. The first-order valence-electron chi connectivity index (χ1n) is 5.03. The Hall–Kier alpha value is -1.31. The molecule has 1 aromatic rings. The summed E-state index contributed by atoms with van der Waals surface area (Å²) in [5.41, 5.74) is 3.36. The van der Waals surface area contributed by atoms with Crippen molar-refractivity contribution in [1.29, 1.82) is 0 Å². The Morgan fingerprint density at radius 1 is 1.50 bits per heavy atom. The predicted octanol–water partition coefficient (Wildman–Crippen LogP) is 2.27. The molecule has 14 heavy (non-hydrogen) atoms. The van der Waals surface area contributed by atoms with E-state index in [4.69, 9.17) is 0 Å². The molecule has 0 saturated carbocycles. The molecule has 1 aromatic carbocycles. The third kappa shape index (κ3) is 1.41. The zero-order chi connectivity index (χ0) is 10.1. The van der Waals surface area contributed by atoms with Gasteiger partial charge < -0.3 is 4.90 Å². The van der Waals surface area contributed by atoms with Gasteiger partial charge in [-0.1, -0.05) is 0 Å². The summed E-state index contributed by atoms with van der Waals surface area (Å²) in [6.07, 6.45) is 3.17. The Morgan fingerprint density at radius 2 is 2.29 bits per heavy atom. The highest BCUT2D eigenvalue weighted by molar-refractivity contribution is 5.77. The standard InChI is InChI=1S/C12H15NO/c1-9-3-5-11-7-10(8-14)4-6-12(11)13(9)2/h4,6-9H,3,5H2,1-2H3/t9-/m0/s1. The minimum absolute atomic E-state index is 0.601. The first-order valence-corrected chi connectivity index (χ1v) is 5.03. The summed E-state index contributed by atoms with van der Waals surface area (Å²) < 4.78 is 0. The molecule has 0 aromatic heterocycles. The van der Waals surface area contributed by atoms with Crippen LogP contribution >= 0.6 is 0 Å². The van der Waals surface area contributed by atoms with E-state index in [0.717, 1.165) is 18.3 Å². The Kier molecular flexibility index (Phi) is 2.28. The highest BCUT2D eigenvalue weighted by Gasteiger charge is 2.19. The van der Waals surface area contributed by atoms with Crippen molar-refractivity contribution in [2.45, 2.75) is 25.8 Å². The molecule has 74 valence electrons. The second kappa shape index (κ2) is 3.45. The van der Waals surface area contributed by atoms with E-state index in [1.165, 1.54) is 17.7 Å². The second-order valence-electron chi connectivity index (χ2n) is 4.00. The van der Waals surface area contributed by atoms with Crippen molar-refractivity contribution in [3.63, 3.8) is 0 Å². The van der Waals surface area contributed by atoms with Crippen LogP contribution in [0.5, 0.6) is 0 Å². The van der Waals surface area contributed by atoms with Gasteiger partial charge >= 0.3 is 0 Å². The van der Waals surface area contributed by atoms with Gasteiger partial charge in [-0.3, -0.25) is 4.79 Å². The van der Waals surface area contributed by atoms with Crippen LogP contribution in [0.1, 0.15) is 29.3 Å². The third-order valence-corrected chi connectivity index (χ3v) is 3.11. The van der Waals surface area contributed by atoms with Crippen LogP contribution in [-0.4, -0.2) is 19.4 Å². The Balaban J connectivity index is 2.43. The maximum atomic E-state index is 10.6. The summed E-state index contributed by atoms with van der Waals surface area (Å²) in [5.74, 6) is 0. The highest BCUT2D eigenvalue weighted by Crippen LogP contribution is 2.29. The predicted molar refractivity (Wildman–Crippen MR) is 58.0 cm³/mol. The quantitative estimate of drug-likeness (QED) is 0.632. The molecule has 0 amide bonds. The molecular formula is C12H15NO. The Bertz CT molecular complexity index is 359. The maximum absolute atomic E-state index is 10.6. The van der Waals surface area contributed by atoms with Crippen molar-refractivity contribution in [2.75, 3.05) is 11.9 Å². The monoisotopic (exact) mass is 189 g/mol. The lowest BCUT2D eigenvalue weighted by Gasteiger charge is -2.33. The summed E-state index contributed by atoms with van der Waals surface area (Å²) in [4.78, 5) is 12.9. The minimum Gasteiger partial charge on any atom is -0.372 e. The number of hydrogen-bond donors (Lipinski definition) is 0. The van der Waals surface area contributed by atoms with E-state index in [1.54, 1.807) is 0 Å². The van der Waals surface area contributed by atoms with Crippen LogP contribution in [-0.2, 0) is 6.42 Å². The van der Waals surface area contributed by atoms with E-state index in [2.05, 4.69) is 24.9 Å². The first kappa shape index (κ1) is 9.25. The lowest BCUT2D eigenvalue weighted by Crippen LogP contribution is -2.33. The van der Waals surface area contributed by atoms with Gasteiger partial charge in [-0.05, 0) is 43.5 Å². The summed E-state index contributed by atoms with van der Waals surface area (Å²) in [6.45, 7) is 2.23. The van der Waals surface area contributed by atoms with Crippen molar-refractivity contribution < 1.29 is 4.79 Å². The van der Waals surface area contributed by atoms with Crippen LogP contribution in [0.15, 0.2) is 18.2 Å². The van der Waals surface area contributed by atoms with Gasteiger partial charge in [-0.25, -0.2) is 0 Å². The largest absolute Gasteiger partial charge is 0.372 e. The molecule has 0 saturated heterocycles. The number of hydrogen-bond acceptors (Lipinski definition) is 2. The molecule has 0 N–H and O–H groups in total. The molecule has 0 unspecified atom stereocenters. The molecule has 2 nitrogen and oxygen atoms in total. The van der Waals surface area contributed by atoms with Crippen molar-refractivity contribution >= 4 is 12.0 Å². The molecule has 0 spiro atoms. The Morgan fingerprint density at radius 3 is 3.00 bits per heavy atom. The summed E-state index contributed by atoms with van der Waals surface area (Å²) in [6, 6.07) is 6.55. The number of rotatable bonds is 1. The van der Waals surface area contributed by atoms with E-state index >= 15 is 0 Å². The fourth-order valence-electron chi connectivity index (χ4n) is 2.02. The smallest absolute Gasteiger partial charge is 0.150 e. The van der Waals surface area contributed by atoms with Crippen LogP contribution in [0.3, 0.4) is 0 Å². The molecule has 0 fully saturated rings. The zero-order valence-electron chi connectivity index (χ0n) is 8.66. The fourth-order valence-corrected chi connectivity index (χ4v) is 2.02. The molecule has 2 rings (SSSR count).